The number of fused-ring (bicyclic) bond motifs is 2. The molecule has 1 atom stereocenters. The predicted octanol–water partition coefficient (Wildman–Crippen LogP) is 2.42. The van der Waals surface area contributed by atoms with Gasteiger partial charge in [-0.05, 0) is 18.2 Å². The van der Waals surface area contributed by atoms with E-state index in [2.05, 4.69) is 35.4 Å². The summed E-state index contributed by atoms with van der Waals surface area (Å²) in [6.45, 7) is 0.174. The van der Waals surface area contributed by atoms with Crippen molar-refractivity contribution in [2.75, 3.05) is 12.4 Å². The lowest BCUT2D eigenvalue weighted by Gasteiger charge is -2.09. The first kappa shape index (κ1) is 19.5. The number of hydrogen-bond donors (Lipinski definition) is 2. The van der Waals surface area contributed by atoms with E-state index in [0.29, 0.717) is 27.9 Å². The summed E-state index contributed by atoms with van der Waals surface area (Å²) in [5, 5.41) is 10.3. The minimum Gasteiger partial charge on any atom is -0.453 e. The van der Waals surface area contributed by atoms with Crippen molar-refractivity contribution in [1.82, 2.24) is 30.0 Å². The first-order chi connectivity index (χ1) is 15.5. The zero-order valence-electron chi connectivity index (χ0n) is 16.7. The number of carbonyl (C=O) groups excluding carboxylic acids is 2. The molecule has 1 unspecified atom stereocenters. The third-order valence-corrected chi connectivity index (χ3v) is 5.08. The molecule has 4 heterocycles. The average Bonchev–Trinajstić information content (AvgIpc) is 3.32. The number of alkyl carbamates (subject to hydrolysis) is 1. The van der Waals surface area contributed by atoms with Gasteiger partial charge in [0.05, 0.1) is 19.0 Å². The van der Waals surface area contributed by atoms with Gasteiger partial charge in [0.2, 0.25) is 0 Å². The summed E-state index contributed by atoms with van der Waals surface area (Å²) < 4.78 is 20.3. The van der Waals surface area contributed by atoms with Gasteiger partial charge in [0.25, 0.3) is 5.91 Å². The Morgan fingerprint density at radius 1 is 1.25 bits per heavy atom. The van der Waals surface area contributed by atoms with Crippen molar-refractivity contribution >= 4 is 28.9 Å². The highest BCUT2D eigenvalue weighted by Gasteiger charge is 2.34. The van der Waals surface area contributed by atoms with Crippen LogP contribution < -0.4 is 10.6 Å². The van der Waals surface area contributed by atoms with E-state index in [-0.39, 0.29) is 24.0 Å². The molecule has 0 spiro atoms. The van der Waals surface area contributed by atoms with Gasteiger partial charge in [-0.2, -0.15) is 5.10 Å². The number of ether oxygens (including phenoxy) is 1. The second kappa shape index (κ2) is 7.69. The standard InChI is InChI=1S/C21H16FN7O3/c1-32-21(31)25-16-13-9-24-18(26-17(13)27-20(16)30)15-12-6-4-8-23-19(12)29(28-15)10-11-5-2-3-7-14(11)22/h2-9,16H,10H2,1H3,(H,25,31)(H,24,26,27,30). The third kappa shape index (κ3) is 3.29. The molecular weight excluding hydrogens is 417 g/mol. The number of nitrogens with one attached hydrogen (secondary N) is 2. The number of carbonyl (C=O) groups is 2. The third-order valence-electron chi connectivity index (χ3n) is 5.08. The highest BCUT2D eigenvalue weighted by atomic mass is 19.1. The number of halogens is 1. The van der Waals surface area contributed by atoms with Crippen LogP contribution in [0.3, 0.4) is 0 Å². The average molecular weight is 433 g/mol. The molecule has 1 aliphatic heterocycles. The van der Waals surface area contributed by atoms with Crippen LogP contribution in [0.5, 0.6) is 0 Å². The van der Waals surface area contributed by atoms with Gasteiger partial charge in [-0.3, -0.25) is 4.79 Å². The second-order valence-electron chi connectivity index (χ2n) is 7.03. The van der Waals surface area contributed by atoms with Gasteiger partial charge in [-0.1, -0.05) is 18.2 Å². The molecule has 0 aliphatic carbocycles. The van der Waals surface area contributed by atoms with Crippen LogP contribution in [0, 0.1) is 5.82 Å². The summed E-state index contributed by atoms with van der Waals surface area (Å²) in [4.78, 5) is 37.0. The zero-order valence-corrected chi connectivity index (χ0v) is 16.7. The normalized spacial score (nSPS) is 14.8. The quantitative estimate of drug-likeness (QED) is 0.506. The topological polar surface area (TPSA) is 124 Å². The Morgan fingerprint density at radius 3 is 2.91 bits per heavy atom. The monoisotopic (exact) mass is 433 g/mol. The maximum absolute atomic E-state index is 14.2. The minimum absolute atomic E-state index is 0.174. The molecule has 11 heteroatoms. The Balaban J connectivity index is 1.55. The molecule has 2 amide bonds. The maximum Gasteiger partial charge on any atom is 0.407 e. The maximum atomic E-state index is 14.2. The van der Waals surface area contributed by atoms with Crippen molar-refractivity contribution in [1.29, 1.82) is 0 Å². The van der Waals surface area contributed by atoms with Gasteiger partial charge in [0, 0.05) is 23.5 Å². The molecule has 0 fully saturated rings. The van der Waals surface area contributed by atoms with Gasteiger partial charge in [-0.15, -0.1) is 0 Å². The fourth-order valence-electron chi connectivity index (χ4n) is 3.54. The van der Waals surface area contributed by atoms with E-state index in [9.17, 15) is 14.0 Å². The van der Waals surface area contributed by atoms with E-state index >= 15 is 0 Å². The largest absolute Gasteiger partial charge is 0.453 e. The van der Waals surface area contributed by atoms with E-state index in [1.54, 1.807) is 35.1 Å². The summed E-state index contributed by atoms with van der Waals surface area (Å²) in [7, 11) is 1.21. The number of benzene rings is 1. The van der Waals surface area contributed by atoms with Crippen LogP contribution in [0.4, 0.5) is 15.0 Å². The second-order valence-corrected chi connectivity index (χ2v) is 7.03. The molecule has 160 valence electrons. The van der Waals surface area contributed by atoms with Crippen LogP contribution in [-0.2, 0) is 16.1 Å². The fraction of sp³-hybridized carbons (Fsp3) is 0.143. The first-order valence-electron chi connectivity index (χ1n) is 9.62. The molecule has 0 saturated carbocycles. The lowest BCUT2D eigenvalue weighted by Crippen LogP contribution is -2.32. The van der Waals surface area contributed by atoms with Crippen LogP contribution in [0.2, 0.25) is 0 Å². The van der Waals surface area contributed by atoms with Crippen LogP contribution in [0.15, 0.2) is 48.8 Å². The van der Waals surface area contributed by atoms with Crippen LogP contribution in [0.25, 0.3) is 22.6 Å². The van der Waals surface area contributed by atoms with E-state index in [1.165, 1.54) is 19.4 Å². The SMILES string of the molecule is COC(=O)NC1C(=O)Nc2nc(-c3nn(Cc4ccccc4F)c4ncccc34)ncc21. The highest BCUT2D eigenvalue weighted by molar-refractivity contribution is 6.03. The number of aromatic nitrogens is 5. The van der Waals surface area contributed by atoms with Crippen molar-refractivity contribution in [3.05, 3.63) is 65.7 Å². The molecule has 4 aromatic rings. The van der Waals surface area contributed by atoms with Gasteiger partial charge in [0.15, 0.2) is 11.5 Å². The summed E-state index contributed by atoms with van der Waals surface area (Å²) in [6.07, 6.45) is 2.33. The highest BCUT2D eigenvalue weighted by Crippen LogP contribution is 2.32. The van der Waals surface area contributed by atoms with Crippen molar-refractivity contribution in [2.24, 2.45) is 0 Å². The molecule has 0 bridgehead atoms. The Hall–Kier alpha value is -4.41. The number of nitrogens with zero attached hydrogens (tertiary/aromatic N) is 5. The molecule has 3 aromatic heterocycles. The van der Waals surface area contributed by atoms with Crippen molar-refractivity contribution in [3.63, 3.8) is 0 Å². The summed E-state index contributed by atoms with van der Waals surface area (Å²) in [5.41, 5.74) is 1.86. The van der Waals surface area contributed by atoms with E-state index < -0.39 is 18.0 Å². The number of pyridine rings is 1. The molecular formula is C21H16FN7O3. The van der Waals surface area contributed by atoms with Crippen LogP contribution in [0.1, 0.15) is 17.2 Å². The van der Waals surface area contributed by atoms with E-state index in [4.69, 9.17) is 0 Å². The van der Waals surface area contributed by atoms with E-state index in [0.717, 1.165) is 0 Å². The number of hydrogen-bond acceptors (Lipinski definition) is 7. The minimum atomic E-state index is -0.955. The number of methoxy groups -OCH3 is 1. The van der Waals surface area contributed by atoms with Crippen molar-refractivity contribution in [3.8, 4) is 11.5 Å². The molecule has 1 aliphatic rings. The summed E-state index contributed by atoms with van der Waals surface area (Å²) in [6, 6.07) is 9.07. The van der Waals surface area contributed by atoms with Crippen molar-refractivity contribution in [2.45, 2.75) is 12.6 Å². The molecule has 10 nitrogen and oxygen atoms in total. The lowest BCUT2D eigenvalue weighted by molar-refractivity contribution is -0.117. The predicted molar refractivity (Wildman–Crippen MR) is 111 cm³/mol. The first-order valence-corrected chi connectivity index (χ1v) is 9.62. The van der Waals surface area contributed by atoms with Crippen LogP contribution >= 0.6 is 0 Å². The summed E-state index contributed by atoms with van der Waals surface area (Å²) in [5.74, 6) is -0.266. The smallest absolute Gasteiger partial charge is 0.407 e. The Bertz CT molecular complexity index is 1370. The Kier molecular flexibility index (Phi) is 4.70. The molecule has 0 saturated heterocycles. The number of amides is 2. The van der Waals surface area contributed by atoms with Gasteiger partial charge in [-0.25, -0.2) is 28.8 Å². The molecule has 32 heavy (non-hydrogen) atoms. The molecule has 2 N–H and O–H groups in total. The van der Waals surface area contributed by atoms with Crippen molar-refractivity contribution < 1.29 is 18.7 Å². The lowest BCUT2D eigenvalue weighted by atomic mass is 10.1. The van der Waals surface area contributed by atoms with Gasteiger partial charge >= 0.3 is 6.09 Å². The molecule has 1 aromatic carbocycles. The Morgan fingerprint density at radius 2 is 2.09 bits per heavy atom. The number of rotatable bonds is 4. The molecule has 5 rings (SSSR count). The van der Waals surface area contributed by atoms with Crippen LogP contribution in [-0.4, -0.2) is 43.8 Å². The Labute approximate surface area is 180 Å². The van der Waals surface area contributed by atoms with Gasteiger partial charge < -0.3 is 15.4 Å². The summed E-state index contributed by atoms with van der Waals surface area (Å²) >= 11 is 0. The molecule has 0 radical (unpaired) electrons. The zero-order chi connectivity index (χ0) is 22.2. The number of anilines is 1. The fourth-order valence-corrected chi connectivity index (χ4v) is 3.54. The van der Waals surface area contributed by atoms with Gasteiger partial charge in [0.1, 0.15) is 23.4 Å². The van der Waals surface area contributed by atoms with E-state index in [1.807, 2.05) is 6.07 Å².